The Hall–Kier alpha value is -1.65. The summed E-state index contributed by atoms with van der Waals surface area (Å²) in [5.41, 5.74) is 1.78. The van der Waals surface area contributed by atoms with Crippen molar-refractivity contribution < 1.29 is 13.2 Å². The van der Waals surface area contributed by atoms with Crippen LogP contribution in [0.1, 0.15) is 21.5 Å². The number of rotatable bonds is 2. The molecule has 0 atom stereocenters. The summed E-state index contributed by atoms with van der Waals surface area (Å²) in [6, 6.07) is 10.8. The summed E-state index contributed by atoms with van der Waals surface area (Å²) in [4.78, 5) is 12.2. The largest absolute Gasteiger partial charge is 0.282 e. The van der Waals surface area contributed by atoms with Gasteiger partial charge in [-0.1, -0.05) is 35.4 Å². The minimum absolute atomic E-state index is 0.00200. The molecule has 0 aliphatic heterocycles. The smallest absolute Gasteiger partial charge is 0.276 e. The highest BCUT2D eigenvalue weighted by molar-refractivity contribution is 8.06. The van der Waals surface area contributed by atoms with E-state index in [4.69, 9.17) is 11.6 Å². The first kappa shape index (κ1) is 14.8. The van der Waals surface area contributed by atoms with Crippen LogP contribution < -0.4 is 0 Å². The van der Waals surface area contributed by atoms with Crippen LogP contribution in [0.4, 0.5) is 0 Å². The third-order valence-corrected chi connectivity index (χ3v) is 4.83. The van der Waals surface area contributed by atoms with Gasteiger partial charge in [0.2, 0.25) is 9.84 Å². The van der Waals surface area contributed by atoms with Crippen LogP contribution in [0.15, 0.2) is 47.4 Å². The molecule has 20 heavy (non-hydrogen) atoms. The third kappa shape index (κ3) is 2.76. The molecule has 0 radical (unpaired) electrons. The highest BCUT2D eigenvalue weighted by Gasteiger charge is 2.27. The van der Waals surface area contributed by atoms with Gasteiger partial charge in [0.25, 0.3) is 5.12 Å². The lowest BCUT2D eigenvalue weighted by Gasteiger charge is -2.06. The average molecular weight is 309 g/mol. The van der Waals surface area contributed by atoms with Crippen LogP contribution in [0.25, 0.3) is 0 Å². The van der Waals surface area contributed by atoms with Gasteiger partial charge in [0.15, 0.2) is 0 Å². The molecule has 0 aliphatic carbocycles. The number of carbonyl (C=O) groups is 1. The Balaban J connectivity index is 2.49. The van der Waals surface area contributed by atoms with Crippen molar-refractivity contribution in [2.45, 2.75) is 18.7 Å². The van der Waals surface area contributed by atoms with Crippen molar-refractivity contribution >= 4 is 26.6 Å². The standard InChI is InChI=1S/C15H13ClO3S/c1-10-3-6-12(7-4-10)20(18,19)15(17)13-8-5-11(2)9-14(13)16/h3-9H,1-2H3. The first-order valence-corrected chi connectivity index (χ1v) is 7.81. The number of benzene rings is 2. The Labute approximate surface area is 123 Å². The van der Waals surface area contributed by atoms with Crippen LogP contribution in [0, 0.1) is 13.8 Å². The van der Waals surface area contributed by atoms with Gasteiger partial charge in [0, 0.05) is 0 Å². The van der Waals surface area contributed by atoms with E-state index in [2.05, 4.69) is 0 Å². The van der Waals surface area contributed by atoms with E-state index in [1.165, 1.54) is 18.2 Å². The summed E-state index contributed by atoms with van der Waals surface area (Å²) >= 11 is 5.96. The summed E-state index contributed by atoms with van der Waals surface area (Å²) < 4.78 is 24.5. The molecule has 0 aliphatic rings. The molecule has 5 heteroatoms. The van der Waals surface area contributed by atoms with Crippen LogP contribution in [0.2, 0.25) is 5.02 Å². The fraction of sp³-hybridized carbons (Fsp3) is 0.133. The zero-order valence-electron chi connectivity index (χ0n) is 11.1. The monoisotopic (exact) mass is 308 g/mol. The molecule has 0 N–H and O–H groups in total. The molecule has 3 nitrogen and oxygen atoms in total. The predicted octanol–water partition coefficient (Wildman–Crippen LogP) is 3.57. The van der Waals surface area contributed by atoms with Gasteiger partial charge >= 0.3 is 0 Å². The Kier molecular flexibility index (Phi) is 3.97. The Morgan fingerprint density at radius 1 is 0.950 bits per heavy atom. The second-order valence-electron chi connectivity index (χ2n) is 4.59. The molecule has 2 aromatic rings. The van der Waals surface area contributed by atoms with Crippen LogP contribution >= 0.6 is 11.6 Å². The van der Waals surface area contributed by atoms with E-state index in [0.29, 0.717) is 0 Å². The number of halogens is 1. The molecular weight excluding hydrogens is 296 g/mol. The number of hydrogen-bond donors (Lipinski definition) is 0. The normalized spacial score (nSPS) is 11.3. The summed E-state index contributed by atoms with van der Waals surface area (Å²) in [6.45, 7) is 3.66. The van der Waals surface area contributed by atoms with Gasteiger partial charge in [-0.05, 0) is 43.7 Å². The van der Waals surface area contributed by atoms with Crippen molar-refractivity contribution in [1.29, 1.82) is 0 Å². The fourth-order valence-corrected chi connectivity index (χ4v) is 3.31. The van der Waals surface area contributed by atoms with Crippen molar-refractivity contribution in [3.63, 3.8) is 0 Å². The molecule has 0 spiro atoms. The number of hydrogen-bond acceptors (Lipinski definition) is 3. The maximum atomic E-state index is 12.3. The highest BCUT2D eigenvalue weighted by atomic mass is 35.5. The molecule has 0 aromatic heterocycles. The Morgan fingerprint density at radius 2 is 1.50 bits per heavy atom. The van der Waals surface area contributed by atoms with E-state index in [1.54, 1.807) is 24.3 Å². The highest BCUT2D eigenvalue weighted by Crippen LogP contribution is 2.23. The summed E-state index contributed by atoms with van der Waals surface area (Å²) in [5.74, 6) is 0. The van der Waals surface area contributed by atoms with Crippen LogP contribution in [-0.2, 0) is 9.84 Å². The predicted molar refractivity (Wildman–Crippen MR) is 78.9 cm³/mol. The Bertz CT molecular complexity index is 762. The molecule has 2 rings (SSSR count). The maximum absolute atomic E-state index is 12.3. The molecule has 0 saturated carbocycles. The van der Waals surface area contributed by atoms with E-state index < -0.39 is 15.0 Å². The van der Waals surface area contributed by atoms with Crippen molar-refractivity contribution in [3.05, 3.63) is 64.2 Å². The lowest BCUT2D eigenvalue weighted by Crippen LogP contribution is -2.15. The molecule has 104 valence electrons. The zero-order chi connectivity index (χ0) is 14.9. The lowest BCUT2D eigenvalue weighted by atomic mass is 10.2. The third-order valence-electron chi connectivity index (χ3n) is 2.92. The summed E-state index contributed by atoms with van der Waals surface area (Å²) in [7, 11) is -4.07. The van der Waals surface area contributed by atoms with Gasteiger partial charge in [-0.2, -0.15) is 0 Å². The van der Waals surface area contributed by atoms with Crippen molar-refractivity contribution in [2.24, 2.45) is 0 Å². The molecule has 2 aromatic carbocycles. The molecule has 0 saturated heterocycles. The van der Waals surface area contributed by atoms with E-state index >= 15 is 0 Å². The minimum atomic E-state index is -4.07. The molecule has 0 bridgehead atoms. The van der Waals surface area contributed by atoms with Crippen molar-refractivity contribution in [2.75, 3.05) is 0 Å². The van der Waals surface area contributed by atoms with Crippen molar-refractivity contribution in [1.82, 2.24) is 0 Å². The van der Waals surface area contributed by atoms with E-state index in [9.17, 15) is 13.2 Å². The van der Waals surface area contributed by atoms with E-state index in [0.717, 1.165) is 11.1 Å². The molecule has 0 heterocycles. The molecule has 0 amide bonds. The number of aryl methyl sites for hydroxylation is 2. The van der Waals surface area contributed by atoms with Gasteiger partial charge in [0.1, 0.15) is 0 Å². The first-order chi connectivity index (χ1) is 9.32. The van der Waals surface area contributed by atoms with Gasteiger partial charge in [-0.25, -0.2) is 8.42 Å². The SMILES string of the molecule is Cc1ccc(S(=O)(=O)C(=O)c2ccc(C)cc2Cl)cc1. The van der Waals surface area contributed by atoms with E-state index in [1.807, 2.05) is 13.8 Å². The van der Waals surface area contributed by atoms with Gasteiger partial charge in [-0.3, -0.25) is 4.79 Å². The second-order valence-corrected chi connectivity index (χ2v) is 6.84. The van der Waals surface area contributed by atoms with Gasteiger partial charge in [-0.15, -0.1) is 0 Å². The zero-order valence-corrected chi connectivity index (χ0v) is 12.6. The van der Waals surface area contributed by atoms with Gasteiger partial charge in [0.05, 0.1) is 15.5 Å². The maximum Gasteiger partial charge on any atom is 0.282 e. The fourth-order valence-electron chi connectivity index (χ4n) is 1.75. The quantitative estimate of drug-likeness (QED) is 0.852. The lowest BCUT2D eigenvalue weighted by molar-refractivity contribution is 0.107. The summed E-state index contributed by atoms with van der Waals surface area (Å²) in [5, 5.41) is -0.836. The molecular formula is C15H13ClO3S. The van der Waals surface area contributed by atoms with E-state index in [-0.39, 0.29) is 15.5 Å². The second kappa shape index (κ2) is 5.38. The molecule has 0 fully saturated rings. The summed E-state index contributed by atoms with van der Waals surface area (Å²) in [6.07, 6.45) is 0. The average Bonchev–Trinajstić information content (AvgIpc) is 2.38. The van der Waals surface area contributed by atoms with Crippen molar-refractivity contribution in [3.8, 4) is 0 Å². The number of carbonyl (C=O) groups excluding carboxylic acids is 1. The Morgan fingerprint density at radius 3 is 2.05 bits per heavy atom. The topological polar surface area (TPSA) is 51.2 Å². The first-order valence-electron chi connectivity index (χ1n) is 5.94. The van der Waals surface area contributed by atoms with Crippen LogP contribution in [-0.4, -0.2) is 13.5 Å². The molecule has 0 unspecified atom stereocenters. The van der Waals surface area contributed by atoms with Gasteiger partial charge < -0.3 is 0 Å². The number of sulfone groups is 1. The van der Waals surface area contributed by atoms with Crippen LogP contribution in [0.5, 0.6) is 0 Å². The minimum Gasteiger partial charge on any atom is -0.276 e. The van der Waals surface area contributed by atoms with Crippen LogP contribution in [0.3, 0.4) is 0 Å².